The molecule has 2 heterocycles. The fourth-order valence-corrected chi connectivity index (χ4v) is 1.63. The Hall–Kier alpha value is -1.24. The van der Waals surface area contributed by atoms with Crippen LogP contribution in [0.4, 0.5) is 5.82 Å². The average Bonchev–Trinajstić information content (AvgIpc) is 2.16. The van der Waals surface area contributed by atoms with Gasteiger partial charge in [-0.15, -0.1) is 0 Å². The Kier molecular flexibility index (Phi) is 2.81. The second-order valence-electron chi connectivity index (χ2n) is 3.06. The minimum absolute atomic E-state index is 0.132. The lowest BCUT2D eigenvalue weighted by Gasteiger charge is -2.02. The number of anilines is 1. The molecule has 0 unspecified atom stereocenters. The molecule has 0 aliphatic heterocycles. The van der Waals surface area contributed by atoms with Crippen molar-refractivity contribution in [2.45, 2.75) is 6.92 Å². The summed E-state index contributed by atoms with van der Waals surface area (Å²) >= 11 is 2.13. The fourth-order valence-electron chi connectivity index (χ4n) is 1.23. The molecule has 0 aliphatic carbocycles. The lowest BCUT2D eigenvalue weighted by Crippen LogP contribution is -2.07. The molecule has 15 heavy (non-hydrogen) atoms. The van der Waals surface area contributed by atoms with Crippen LogP contribution in [0.2, 0.25) is 0 Å². The van der Waals surface area contributed by atoms with Gasteiger partial charge in [0.1, 0.15) is 9.52 Å². The van der Waals surface area contributed by atoms with Gasteiger partial charge in [-0.05, 0) is 46.9 Å². The Morgan fingerprint density at radius 1 is 1.27 bits per heavy atom. The molecule has 2 rings (SSSR count). The average molecular weight is 313 g/mol. The molecule has 4 nitrogen and oxygen atoms in total. The van der Waals surface area contributed by atoms with E-state index >= 15 is 0 Å². The van der Waals surface area contributed by atoms with Gasteiger partial charge >= 0.3 is 0 Å². The first-order valence-corrected chi connectivity index (χ1v) is 5.44. The first-order valence-electron chi connectivity index (χ1n) is 4.36. The highest BCUT2D eigenvalue weighted by molar-refractivity contribution is 14.1. The third-order valence-electron chi connectivity index (χ3n) is 1.82. The Labute approximate surface area is 100 Å². The van der Waals surface area contributed by atoms with Crippen LogP contribution in [0.15, 0.2) is 24.3 Å². The molecule has 76 valence electrons. The van der Waals surface area contributed by atoms with E-state index in [4.69, 9.17) is 0 Å². The van der Waals surface area contributed by atoms with Gasteiger partial charge in [0.25, 0.3) is 0 Å². The lowest BCUT2D eigenvalue weighted by molar-refractivity contribution is -0.114. The summed E-state index contributed by atoms with van der Waals surface area (Å²) in [6.45, 7) is 1.45. The molecule has 1 N–H and O–H groups in total. The molecular formula is C10H8IN3O. The summed E-state index contributed by atoms with van der Waals surface area (Å²) < 4.78 is 0.882. The van der Waals surface area contributed by atoms with Gasteiger partial charge in [-0.2, -0.15) is 0 Å². The maximum Gasteiger partial charge on any atom is 0.222 e. The summed E-state index contributed by atoms with van der Waals surface area (Å²) in [5, 5.41) is 3.59. The number of halogens is 1. The maximum atomic E-state index is 10.8. The highest BCUT2D eigenvalue weighted by Crippen LogP contribution is 2.14. The van der Waals surface area contributed by atoms with Crippen LogP contribution < -0.4 is 5.32 Å². The van der Waals surface area contributed by atoms with E-state index in [1.165, 1.54) is 6.92 Å². The molecule has 1 amide bonds. The van der Waals surface area contributed by atoms with Crippen molar-refractivity contribution in [2.24, 2.45) is 0 Å². The number of hydrogen-bond acceptors (Lipinski definition) is 3. The van der Waals surface area contributed by atoms with Gasteiger partial charge in [0.05, 0.1) is 0 Å². The van der Waals surface area contributed by atoms with Crippen LogP contribution in [0.1, 0.15) is 6.92 Å². The zero-order valence-corrected chi connectivity index (χ0v) is 10.1. The number of nitrogens with zero attached hydrogens (tertiary/aromatic N) is 2. The molecule has 0 fully saturated rings. The van der Waals surface area contributed by atoms with E-state index in [2.05, 4.69) is 37.9 Å². The monoisotopic (exact) mass is 313 g/mol. The maximum absolute atomic E-state index is 10.8. The van der Waals surface area contributed by atoms with Crippen molar-refractivity contribution in [1.82, 2.24) is 9.97 Å². The van der Waals surface area contributed by atoms with Crippen LogP contribution in [0, 0.1) is 3.70 Å². The van der Waals surface area contributed by atoms with E-state index in [0.717, 1.165) is 9.09 Å². The van der Waals surface area contributed by atoms with Gasteiger partial charge in [0, 0.05) is 12.3 Å². The van der Waals surface area contributed by atoms with Crippen LogP contribution in [0.25, 0.3) is 11.0 Å². The first-order chi connectivity index (χ1) is 7.15. The highest BCUT2D eigenvalue weighted by atomic mass is 127. The molecule has 2 aromatic rings. The second kappa shape index (κ2) is 4.09. The van der Waals surface area contributed by atoms with Gasteiger partial charge in [-0.25, -0.2) is 9.97 Å². The van der Waals surface area contributed by atoms with E-state index in [1.54, 1.807) is 6.07 Å². The Bertz CT molecular complexity index is 527. The third kappa shape index (κ3) is 2.41. The first kappa shape index (κ1) is 10.3. The molecule has 0 aliphatic rings. The number of rotatable bonds is 1. The highest BCUT2D eigenvalue weighted by Gasteiger charge is 2.01. The van der Waals surface area contributed by atoms with Gasteiger partial charge in [0.15, 0.2) is 5.65 Å². The van der Waals surface area contributed by atoms with Crippen molar-refractivity contribution < 1.29 is 4.79 Å². The number of carbonyl (C=O) groups is 1. The molecule has 0 saturated carbocycles. The quantitative estimate of drug-likeness (QED) is 0.649. The number of fused-ring (bicyclic) bond motifs is 1. The van der Waals surface area contributed by atoms with Crippen molar-refractivity contribution in [2.75, 3.05) is 5.32 Å². The number of amides is 1. The zero-order valence-electron chi connectivity index (χ0n) is 7.99. The Morgan fingerprint density at radius 2 is 2.00 bits per heavy atom. The summed E-state index contributed by atoms with van der Waals surface area (Å²) in [5.41, 5.74) is 0.646. The predicted molar refractivity (Wildman–Crippen MR) is 66.6 cm³/mol. The normalized spacial score (nSPS) is 10.3. The van der Waals surface area contributed by atoms with Gasteiger partial charge in [-0.3, -0.25) is 4.79 Å². The minimum Gasteiger partial charge on any atom is -0.311 e. The summed E-state index contributed by atoms with van der Waals surface area (Å²) in [4.78, 5) is 19.3. The van der Waals surface area contributed by atoms with Crippen molar-refractivity contribution in [3.63, 3.8) is 0 Å². The van der Waals surface area contributed by atoms with E-state index in [0.29, 0.717) is 11.5 Å². The van der Waals surface area contributed by atoms with Gasteiger partial charge in [0.2, 0.25) is 5.91 Å². The van der Waals surface area contributed by atoms with Gasteiger partial charge < -0.3 is 5.32 Å². The molecule has 0 bridgehead atoms. The van der Waals surface area contributed by atoms with E-state index < -0.39 is 0 Å². The van der Waals surface area contributed by atoms with Crippen molar-refractivity contribution >= 4 is 45.3 Å². The molecular weight excluding hydrogens is 305 g/mol. The molecule has 0 spiro atoms. The number of hydrogen-bond donors (Lipinski definition) is 1. The topological polar surface area (TPSA) is 54.9 Å². The van der Waals surface area contributed by atoms with Gasteiger partial charge in [-0.1, -0.05) is 0 Å². The molecule has 0 atom stereocenters. The fraction of sp³-hybridized carbons (Fsp3) is 0.100. The smallest absolute Gasteiger partial charge is 0.222 e. The second-order valence-corrected chi connectivity index (χ2v) is 4.16. The summed E-state index contributed by atoms with van der Waals surface area (Å²) in [6, 6.07) is 7.52. The van der Waals surface area contributed by atoms with Crippen LogP contribution in [-0.2, 0) is 4.79 Å². The minimum atomic E-state index is -0.132. The summed E-state index contributed by atoms with van der Waals surface area (Å²) in [7, 11) is 0. The molecule has 0 saturated heterocycles. The summed E-state index contributed by atoms with van der Waals surface area (Å²) in [6.07, 6.45) is 0. The van der Waals surface area contributed by atoms with E-state index in [-0.39, 0.29) is 5.91 Å². The molecule has 2 aromatic heterocycles. The van der Waals surface area contributed by atoms with E-state index in [1.807, 2.05) is 18.2 Å². The Morgan fingerprint density at radius 3 is 2.73 bits per heavy atom. The third-order valence-corrected chi connectivity index (χ3v) is 2.42. The van der Waals surface area contributed by atoms with Crippen molar-refractivity contribution in [3.05, 3.63) is 28.0 Å². The van der Waals surface area contributed by atoms with E-state index in [9.17, 15) is 4.79 Å². The largest absolute Gasteiger partial charge is 0.311 e. The number of aromatic nitrogens is 2. The number of pyridine rings is 2. The summed E-state index contributed by atoms with van der Waals surface area (Å²) in [5.74, 6) is 0.400. The van der Waals surface area contributed by atoms with Crippen LogP contribution in [0.3, 0.4) is 0 Å². The number of carbonyl (C=O) groups excluding carboxylic acids is 1. The molecule has 5 heteroatoms. The van der Waals surface area contributed by atoms with Crippen LogP contribution in [0.5, 0.6) is 0 Å². The zero-order chi connectivity index (χ0) is 10.8. The Balaban J connectivity index is 2.49. The molecule has 0 aromatic carbocycles. The van der Waals surface area contributed by atoms with Crippen LogP contribution >= 0.6 is 22.6 Å². The predicted octanol–water partition coefficient (Wildman–Crippen LogP) is 2.19. The molecule has 0 radical (unpaired) electrons. The SMILES string of the molecule is CC(=O)Nc1ccc2ccc(I)nc2n1. The van der Waals surface area contributed by atoms with Crippen LogP contribution in [-0.4, -0.2) is 15.9 Å². The number of nitrogens with one attached hydrogen (secondary N) is 1. The van der Waals surface area contributed by atoms with Crippen molar-refractivity contribution in [1.29, 1.82) is 0 Å². The van der Waals surface area contributed by atoms with Crippen molar-refractivity contribution in [3.8, 4) is 0 Å². The standard InChI is InChI=1S/C10H8IN3O/c1-6(15)12-9-5-3-7-2-4-8(11)13-10(7)14-9/h2-5H,1H3,(H,12,13,14,15). The lowest BCUT2D eigenvalue weighted by atomic mass is 10.3.